The number of nitrogens with one attached hydrogen (secondary N) is 1. The molecule has 1 N–H and O–H groups in total. The molecule has 0 amide bonds. The van der Waals surface area contributed by atoms with Gasteiger partial charge in [-0.2, -0.15) is 0 Å². The second-order valence-corrected chi connectivity index (χ2v) is 6.30. The summed E-state index contributed by atoms with van der Waals surface area (Å²) in [6.45, 7) is 1.59. The second-order valence-electron chi connectivity index (χ2n) is 5.44. The van der Waals surface area contributed by atoms with Crippen LogP contribution in [-0.2, 0) is 11.3 Å². The number of fused-ring (bicyclic) bond motifs is 1. The fraction of sp³-hybridized carbons (Fsp3) is 0.118. The normalized spacial score (nSPS) is 11.0. The zero-order valence-corrected chi connectivity index (χ0v) is 14.4. The molecule has 0 spiro atoms. The molecule has 4 aromatic heterocycles. The lowest BCUT2D eigenvalue weighted by molar-refractivity contribution is 0.0455. The number of rotatable bonds is 4. The second kappa shape index (κ2) is 6.52. The maximum atomic E-state index is 12.4. The van der Waals surface area contributed by atoms with Gasteiger partial charge < -0.3 is 14.1 Å². The Labute approximate surface area is 150 Å². The highest BCUT2D eigenvalue weighted by Crippen LogP contribution is 2.30. The van der Waals surface area contributed by atoms with E-state index in [1.165, 1.54) is 23.7 Å². The van der Waals surface area contributed by atoms with Gasteiger partial charge >= 0.3 is 5.97 Å². The van der Waals surface area contributed by atoms with Gasteiger partial charge in [0.1, 0.15) is 23.0 Å². The highest BCUT2D eigenvalue weighted by Gasteiger charge is 2.16. The number of hydrogen-bond acceptors (Lipinski definition) is 8. The number of aryl methyl sites for hydroxylation is 1. The van der Waals surface area contributed by atoms with Crippen LogP contribution < -0.4 is 5.56 Å². The Morgan fingerprint density at radius 3 is 2.96 bits per heavy atom. The Kier molecular flexibility index (Phi) is 4.05. The number of esters is 1. The summed E-state index contributed by atoms with van der Waals surface area (Å²) >= 11 is 1.32. The molecule has 0 unspecified atom stereocenters. The molecule has 0 aromatic carbocycles. The first kappa shape index (κ1) is 16.2. The van der Waals surface area contributed by atoms with Crippen molar-refractivity contribution < 1.29 is 13.9 Å². The first-order chi connectivity index (χ1) is 12.6. The van der Waals surface area contributed by atoms with Gasteiger partial charge in [-0.1, -0.05) is 0 Å². The molecule has 0 atom stereocenters. The summed E-state index contributed by atoms with van der Waals surface area (Å²) in [4.78, 5) is 39.9. The van der Waals surface area contributed by atoms with Crippen molar-refractivity contribution in [3.63, 3.8) is 0 Å². The number of carbonyl (C=O) groups excluding carboxylic acids is 1. The average Bonchev–Trinajstić information content (AvgIpc) is 3.29. The molecule has 0 saturated heterocycles. The molecule has 130 valence electrons. The standard InChI is InChI=1S/C17H12N4O4S/c1-9-5-19-11(6-18-9)17(23)25-7-13-20-15(22)14-10(8-26-16(14)21-13)12-3-2-4-24-12/h2-6,8H,7H2,1H3,(H,20,21,22). The van der Waals surface area contributed by atoms with E-state index in [2.05, 4.69) is 19.9 Å². The molecule has 0 bridgehead atoms. The molecule has 4 heterocycles. The third-order valence-electron chi connectivity index (χ3n) is 3.61. The van der Waals surface area contributed by atoms with Crippen molar-refractivity contribution in [2.45, 2.75) is 13.5 Å². The average molecular weight is 368 g/mol. The first-order valence-corrected chi connectivity index (χ1v) is 8.50. The van der Waals surface area contributed by atoms with Gasteiger partial charge in [-0.3, -0.25) is 9.78 Å². The highest BCUT2D eigenvalue weighted by molar-refractivity contribution is 7.17. The molecule has 0 saturated carbocycles. The Morgan fingerprint density at radius 2 is 2.23 bits per heavy atom. The predicted molar refractivity (Wildman–Crippen MR) is 93.8 cm³/mol. The van der Waals surface area contributed by atoms with Gasteiger partial charge in [0, 0.05) is 17.1 Å². The van der Waals surface area contributed by atoms with E-state index in [4.69, 9.17) is 9.15 Å². The van der Waals surface area contributed by atoms with Crippen LogP contribution in [0.25, 0.3) is 21.5 Å². The number of hydrogen-bond donors (Lipinski definition) is 1. The molecule has 0 fully saturated rings. The topological polar surface area (TPSA) is 111 Å². The number of thiophene rings is 1. The van der Waals surface area contributed by atoms with Crippen molar-refractivity contribution >= 4 is 27.5 Å². The Morgan fingerprint density at radius 1 is 1.35 bits per heavy atom. The number of furan rings is 1. The van der Waals surface area contributed by atoms with E-state index in [0.717, 1.165) is 0 Å². The number of ether oxygens (including phenoxy) is 1. The monoisotopic (exact) mass is 368 g/mol. The summed E-state index contributed by atoms with van der Waals surface area (Å²) in [5, 5.41) is 2.26. The van der Waals surface area contributed by atoms with Crippen molar-refractivity contribution in [3.8, 4) is 11.3 Å². The molecule has 0 radical (unpaired) electrons. The molecule has 26 heavy (non-hydrogen) atoms. The molecule has 9 heteroatoms. The van der Waals surface area contributed by atoms with E-state index >= 15 is 0 Å². The minimum absolute atomic E-state index is 0.0928. The highest BCUT2D eigenvalue weighted by atomic mass is 32.1. The largest absolute Gasteiger partial charge is 0.464 e. The summed E-state index contributed by atoms with van der Waals surface area (Å²) in [6, 6.07) is 3.53. The predicted octanol–water partition coefficient (Wildman–Crippen LogP) is 2.70. The van der Waals surface area contributed by atoms with Gasteiger partial charge in [0.25, 0.3) is 5.56 Å². The van der Waals surface area contributed by atoms with Crippen molar-refractivity contribution in [3.05, 3.63) is 63.7 Å². The molecule has 0 aliphatic rings. The molecule has 8 nitrogen and oxygen atoms in total. The first-order valence-electron chi connectivity index (χ1n) is 7.62. The number of aromatic nitrogens is 4. The zero-order chi connectivity index (χ0) is 18.1. The van der Waals surface area contributed by atoms with Crippen LogP contribution in [0, 0.1) is 6.92 Å². The van der Waals surface area contributed by atoms with E-state index in [-0.39, 0.29) is 23.7 Å². The van der Waals surface area contributed by atoms with Crippen LogP contribution in [0.2, 0.25) is 0 Å². The van der Waals surface area contributed by atoms with Gasteiger partial charge in [0.15, 0.2) is 5.69 Å². The van der Waals surface area contributed by atoms with Gasteiger partial charge in [0.2, 0.25) is 0 Å². The number of aromatic amines is 1. The molecular weight excluding hydrogens is 356 g/mol. The smallest absolute Gasteiger partial charge is 0.358 e. The van der Waals surface area contributed by atoms with Gasteiger partial charge in [-0.15, -0.1) is 11.3 Å². The maximum absolute atomic E-state index is 12.4. The molecule has 0 aliphatic carbocycles. The third-order valence-corrected chi connectivity index (χ3v) is 4.48. The minimum atomic E-state index is -0.636. The summed E-state index contributed by atoms with van der Waals surface area (Å²) in [5.74, 6) is 0.215. The van der Waals surface area contributed by atoms with Crippen LogP contribution in [0.5, 0.6) is 0 Å². The van der Waals surface area contributed by atoms with E-state index in [0.29, 0.717) is 27.2 Å². The fourth-order valence-electron chi connectivity index (χ4n) is 2.38. The van der Waals surface area contributed by atoms with Crippen molar-refractivity contribution in [1.29, 1.82) is 0 Å². The minimum Gasteiger partial charge on any atom is -0.464 e. The van der Waals surface area contributed by atoms with Gasteiger partial charge in [0.05, 0.1) is 23.5 Å². The maximum Gasteiger partial charge on any atom is 0.358 e. The Hall–Kier alpha value is -3.33. The van der Waals surface area contributed by atoms with E-state index in [9.17, 15) is 9.59 Å². The summed E-state index contributed by atoms with van der Waals surface area (Å²) in [6.07, 6.45) is 4.36. The molecule has 0 aliphatic heterocycles. The lowest BCUT2D eigenvalue weighted by atomic mass is 10.2. The number of carbonyl (C=O) groups is 1. The molecular formula is C17H12N4O4S. The summed E-state index contributed by atoms with van der Waals surface area (Å²) in [7, 11) is 0. The van der Waals surface area contributed by atoms with Gasteiger partial charge in [-0.05, 0) is 19.1 Å². The SMILES string of the molecule is Cc1cnc(C(=O)OCc2nc3scc(-c4ccco4)c3c(=O)[nH]2)cn1. The summed E-state index contributed by atoms with van der Waals surface area (Å²) in [5.41, 5.74) is 1.16. The summed E-state index contributed by atoms with van der Waals surface area (Å²) < 4.78 is 10.5. The van der Waals surface area contributed by atoms with E-state index in [1.54, 1.807) is 25.3 Å². The third kappa shape index (κ3) is 3.00. The van der Waals surface area contributed by atoms with Gasteiger partial charge in [-0.25, -0.2) is 14.8 Å². The fourth-order valence-corrected chi connectivity index (χ4v) is 3.33. The Balaban J connectivity index is 1.57. The van der Waals surface area contributed by atoms with Crippen LogP contribution in [0.15, 0.2) is 45.4 Å². The van der Waals surface area contributed by atoms with Crippen LogP contribution in [-0.4, -0.2) is 25.9 Å². The quantitative estimate of drug-likeness (QED) is 0.551. The van der Waals surface area contributed by atoms with Crippen LogP contribution >= 0.6 is 11.3 Å². The van der Waals surface area contributed by atoms with Crippen LogP contribution in [0.4, 0.5) is 0 Å². The molecule has 4 rings (SSSR count). The van der Waals surface area contributed by atoms with Crippen molar-refractivity contribution in [2.75, 3.05) is 0 Å². The van der Waals surface area contributed by atoms with Crippen LogP contribution in [0.1, 0.15) is 22.0 Å². The lowest BCUT2D eigenvalue weighted by Gasteiger charge is -2.04. The van der Waals surface area contributed by atoms with E-state index < -0.39 is 5.97 Å². The van der Waals surface area contributed by atoms with Crippen LogP contribution in [0.3, 0.4) is 0 Å². The molecule has 4 aromatic rings. The zero-order valence-electron chi connectivity index (χ0n) is 13.6. The lowest BCUT2D eigenvalue weighted by Crippen LogP contribution is -2.14. The number of nitrogens with zero attached hydrogens (tertiary/aromatic N) is 3. The Bertz CT molecular complexity index is 1130. The van der Waals surface area contributed by atoms with Crippen molar-refractivity contribution in [1.82, 2.24) is 19.9 Å². The number of H-pyrrole nitrogens is 1. The van der Waals surface area contributed by atoms with Crippen molar-refractivity contribution in [2.24, 2.45) is 0 Å². The van der Waals surface area contributed by atoms with E-state index in [1.807, 2.05) is 5.38 Å².